The molecule has 1 heterocycles. The number of amides is 1. The minimum Gasteiger partial charge on any atom is -0.464 e. The van der Waals surface area contributed by atoms with Crippen molar-refractivity contribution in [3.63, 3.8) is 0 Å². The minimum absolute atomic E-state index is 0.00479. The standard InChI is InChI=1S/C26H33ClN2O4/c1-6-28-17(3)22(16(2)23(28)26(32)33-5)24(30)18(4)29(21-10-8-7-9-11-21)25(31)19-12-14-20(27)15-13-19/h12-15,18,21H,6-11H2,1-5H3/t18-/m1/s1. The zero-order valence-electron chi connectivity index (χ0n) is 20.1. The van der Waals surface area contributed by atoms with Gasteiger partial charge in [0.05, 0.1) is 13.2 Å². The molecule has 0 saturated heterocycles. The van der Waals surface area contributed by atoms with Crippen molar-refractivity contribution in [2.45, 2.75) is 78.4 Å². The van der Waals surface area contributed by atoms with E-state index in [4.69, 9.17) is 16.3 Å². The maximum Gasteiger partial charge on any atom is 0.354 e. The summed E-state index contributed by atoms with van der Waals surface area (Å²) >= 11 is 6.02. The molecule has 1 aromatic heterocycles. The molecule has 0 aliphatic heterocycles. The molecule has 6 nitrogen and oxygen atoms in total. The number of methoxy groups -OCH3 is 1. The fourth-order valence-corrected chi connectivity index (χ4v) is 5.23. The maximum absolute atomic E-state index is 13.9. The van der Waals surface area contributed by atoms with Crippen LogP contribution in [0.1, 0.15) is 88.4 Å². The van der Waals surface area contributed by atoms with Crippen molar-refractivity contribution in [1.29, 1.82) is 0 Å². The Morgan fingerprint density at radius 1 is 1.12 bits per heavy atom. The van der Waals surface area contributed by atoms with Gasteiger partial charge in [-0.1, -0.05) is 30.9 Å². The molecule has 3 rings (SSSR count). The second-order valence-corrected chi connectivity index (χ2v) is 9.16. The number of rotatable bonds is 7. The summed E-state index contributed by atoms with van der Waals surface area (Å²) in [6.45, 7) is 7.88. The monoisotopic (exact) mass is 472 g/mol. The van der Waals surface area contributed by atoms with Crippen molar-refractivity contribution < 1.29 is 19.1 Å². The second kappa shape index (κ2) is 10.6. The van der Waals surface area contributed by atoms with Gasteiger partial charge >= 0.3 is 5.97 Å². The lowest BCUT2D eigenvalue weighted by Crippen LogP contribution is -2.50. The van der Waals surface area contributed by atoms with E-state index in [1.165, 1.54) is 7.11 Å². The van der Waals surface area contributed by atoms with Crippen LogP contribution in [0.4, 0.5) is 0 Å². The van der Waals surface area contributed by atoms with Crippen molar-refractivity contribution in [3.8, 4) is 0 Å². The van der Waals surface area contributed by atoms with E-state index in [1.54, 1.807) is 43.0 Å². The molecular formula is C26H33ClN2O4. The molecule has 0 N–H and O–H groups in total. The second-order valence-electron chi connectivity index (χ2n) is 8.72. The van der Waals surface area contributed by atoms with Crippen LogP contribution in [0.15, 0.2) is 24.3 Å². The molecule has 1 amide bonds. The molecule has 1 aliphatic rings. The molecule has 0 unspecified atom stereocenters. The van der Waals surface area contributed by atoms with Gasteiger partial charge in [0.2, 0.25) is 0 Å². The van der Waals surface area contributed by atoms with Crippen LogP contribution in [-0.2, 0) is 11.3 Å². The number of hydrogen-bond acceptors (Lipinski definition) is 4. The molecule has 1 atom stereocenters. The van der Waals surface area contributed by atoms with Crippen LogP contribution >= 0.6 is 11.6 Å². The molecule has 2 aromatic rings. The first-order valence-electron chi connectivity index (χ1n) is 11.6. The van der Waals surface area contributed by atoms with Crippen molar-refractivity contribution >= 4 is 29.3 Å². The number of ether oxygens (including phenoxy) is 1. The van der Waals surface area contributed by atoms with Crippen LogP contribution in [-0.4, -0.2) is 46.3 Å². The zero-order valence-corrected chi connectivity index (χ0v) is 20.9. The molecular weight excluding hydrogens is 440 g/mol. The number of esters is 1. The average molecular weight is 473 g/mol. The third-order valence-corrected chi connectivity index (χ3v) is 7.05. The molecule has 0 bridgehead atoms. The van der Waals surface area contributed by atoms with Gasteiger partial charge in [-0.05, 0) is 70.4 Å². The van der Waals surface area contributed by atoms with Crippen LogP contribution < -0.4 is 0 Å². The summed E-state index contributed by atoms with van der Waals surface area (Å²) in [4.78, 5) is 41.7. The third kappa shape index (κ3) is 4.86. The fourth-order valence-electron chi connectivity index (χ4n) is 5.11. The summed E-state index contributed by atoms with van der Waals surface area (Å²) in [5, 5.41) is 0.558. The van der Waals surface area contributed by atoms with Crippen molar-refractivity contribution in [1.82, 2.24) is 9.47 Å². The molecule has 0 spiro atoms. The molecule has 1 aromatic carbocycles. The summed E-state index contributed by atoms with van der Waals surface area (Å²) in [5.74, 6) is -0.793. The minimum atomic E-state index is -0.674. The van der Waals surface area contributed by atoms with Crippen molar-refractivity contribution in [3.05, 3.63) is 57.4 Å². The van der Waals surface area contributed by atoms with Gasteiger partial charge in [-0.3, -0.25) is 9.59 Å². The van der Waals surface area contributed by atoms with Gasteiger partial charge in [0.1, 0.15) is 5.69 Å². The summed E-state index contributed by atoms with van der Waals surface area (Å²) in [6.07, 6.45) is 4.96. The first-order valence-corrected chi connectivity index (χ1v) is 12.0. The molecule has 0 radical (unpaired) electrons. The first kappa shape index (κ1) is 25.0. The van der Waals surface area contributed by atoms with Crippen LogP contribution in [0.3, 0.4) is 0 Å². The van der Waals surface area contributed by atoms with Crippen LogP contribution in [0.2, 0.25) is 5.02 Å². The Labute approximate surface area is 200 Å². The Hall–Kier alpha value is -2.60. The number of halogens is 1. The van der Waals surface area contributed by atoms with Gasteiger partial charge in [-0.25, -0.2) is 4.79 Å². The largest absolute Gasteiger partial charge is 0.464 e. The summed E-state index contributed by atoms with van der Waals surface area (Å²) < 4.78 is 6.78. The average Bonchev–Trinajstić information content (AvgIpc) is 3.08. The molecule has 1 aliphatic carbocycles. The molecule has 178 valence electrons. The number of Topliss-reactive ketones (excluding diaryl/α,β-unsaturated/α-hetero) is 1. The van der Waals surface area contributed by atoms with E-state index in [9.17, 15) is 14.4 Å². The van der Waals surface area contributed by atoms with E-state index in [0.717, 1.165) is 37.8 Å². The lowest BCUT2D eigenvalue weighted by Gasteiger charge is -2.38. The maximum atomic E-state index is 13.9. The van der Waals surface area contributed by atoms with E-state index in [-0.39, 0.29) is 17.7 Å². The highest BCUT2D eigenvalue weighted by atomic mass is 35.5. The Morgan fingerprint density at radius 3 is 2.27 bits per heavy atom. The van der Waals surface area contributed by atoms with Gasteiger partial charge in [-0.2, -0.15) is 0 Å². The van der Waals surface area contributed by atoms with Crippen molar-refractivity contribution in [2.75, 3.05) is 7.11 Å². The lowest BCUT2D eigenvalue weighted by atomic mass is 9.90. The van der Waals surface area contributed by atoms with Crippen LogP contribution in [0.5, 0.6) is 0 Å². The SMILES string of the molecule is CCn1c(C)c(C(=O)[C@@H](C)N(C(=O)c2ccc(Cl)cc2)C2CCCCC2)c(C)c1C(=O)OC. The number of carbonyl (C=O) groups excluding carboxylic acids is 3. The summed E-state index contributed by atoms with van der Waals surface area (Å²) in [5.41, 5.74) is 2.71. The van der Waals surface area contributed by atoms with E-state index in [0.29, 0.717) is 34.0 Å². The number of hydrogen-bond donors (Lipinski definition) is 0. The lowest BCUT2D eigenvalue weighted by molar-refractivity contribution is 0.0486. The number of aromatic nitrogens is 1. The number of carbonyl (C=O) groups is 3. The third-order valence-electron chi connectivity index (χ3n) is 6.80. The predicted octanol–water partition coefficient (Wildman–Crippen LogP) is 5.61. The molecule has 1 saturated carbocycles. The fraction of sp³-hybridized carbons (Fsp3) is 0.500. The van der Waals surface area contributed by atoms with E-state index >= 15 is 0 Å². The topological polar surface area (TPSA) is 68.6 Å². The molecule has 7 heteroatoms. The van der Waals surface area contributed by atoms with Gasteiger partial charge in [-0.15, -0.1) is 0 Å². The Morgan fingerprint density at radius 2 is 1.73 bits per heavy atom. The number of nitrogens with zero attached hydrogens (tertiary/aromatic N) is 2. The Bertz CT molecular complexity index is 1040. The Kier molecular flexibility index (Phi) is 8.01. The van der Waals surface area contributed by atoms with Crippen LogP contribution in [0.25, 0.3) is 0 Å². The normalized spacial score (nSPS) is 15.2. The Balaban J connectivity index is 2.04. The van der Waals surface area contributed by atoms with Gasteiger partial charge < -0.3 is 14.2 Å². The summed E-state index contributed by atoms with van der Waals surface area (Å²) in [6, 6.07) is 6.12. The quantitative estimate of drug-likeness (QED) is 0.388. The van der Waals surface area contributed by atoms with Gasteiger partial charge in [0.25, 0.3) is 5.91 Å². The number of benzene rings is 1. The van der Waals surface area contributed by atoms with Crippen molar-refractivity contribution in [2.24, 2.45) is 0 Å². The highest BCUT2D eigenvalue weighted by molar-refractivity contribution is 6.30. The highest BCUT2D eigenvalue weighted by Gasteiger charge is 2.36. The zero-order chi connectivity index (χ0) is 24.3. The molecule has 33 heavy (non-hydrogen) atoms. The summed E-state index contributed by atoms with van der Waals surface area (Å²) in [7, 11) is 1.34. The van der Waals surface area contributed by atoms with Crippen LogP contribution in [0, 0.1) is 13.8 Å². The van der Waals surface area contributed by atoms with E-state index < -0.39 is 12.0 Å². The predicted molar refractivity (Wildman–Crippen MR) is 129 cm³/mol. The highest BCUT2D eigenvalue weighted by Crippen LogP contribution is 2.30. The first-order chi connectivity index (χ1) is 15.7. The van der Waals surface area contributed by atoms with Gasteiger partial charge in [0.15, 0.2) is 5.78 Å². The van der Waals surface area contributed by atoms with Gasteiger partial charge in [0, 0.05) is 34.4 Å². The molecule has 1 fully saturated rings. The number of ketones is 1. The van der Waals surface area contributed by atoms with E-state index in [2.05, 4.69) is 0 Å². The smallest absolute Gasteiger partial charge is 0.354 e. The van der Waals surface area contributed by atoms with E-state index in [1.807, 2.05) is 18.4 Å².